The fraction of sp³-hybridized carbons (Fsp3) is 0.143. The predicted molar refractivity (Wildman–Crippen MR) is 68.3 cm³/mol. The maximum Gasteiger partial charge on any atom is 0.263 e. The summed E-state index contributed by atoms with van der Waals surface area (Å²) in [7, 11) is 0. The van der Waals surface area contributed by atoms with Crippen LogP contribution in [0.1, 0.15) is 17.6 Å². The molecule has 2 N–H and O–H groups in total. The molecule has 0 aromatic heterocycles. The second kappa shape index (κ2) is 6.12. The van der Waals surface area contributed by atoms with Crippen LogP contribution >= 0.6 is 0 Å². The summed E-state index contributed by atoms with van der Waals surface area (Å²) in [6.45, 7) is 0.568. The summed E-state index contributed by atoms with van der Waals surface area (Å²) in [5, 5.41) is 0. The van der Waals surface area contributed by atoms with Crippen molar-refractivity contribution in [1.29, 1.82) is 0 Å². The molecule has 0 aliphatic rings. The standard InChI is InChI=1S/C14H14F2N2/c15-14(16)12-8-6-11(7-9-12)10-17-18-13-4-2-1-3-5-13/h1-9,14,17-18H,10H2. The van der Waals surface area contributed by atoms with E-state index in [0.717, 1.165) is 11.3 Å². The molecule has 0 heterocycles. The quantitative estimate of drug-likeness (QED) is 0.788. The summed E-state index contributed by atoms with van der Waals surface area (Å²) < 4.78 is 24.7. The lowest BCUT2D eigenvalue weighted by molar-refractivity contribution is 0.151. The topological polar surface area (TPSA) is 24.1 Å². The molecule has 0 atom stereocenters. The summed E-state index contributed by atoms with van der Waals surface area (Å²) in [5.41, 5.74) is 8.02. The molecule has 0 radical (unpaired) electrons. The summed E-state index contributed by atoms with van der Waals surface area (Å²) in [5.74, 6) is 0. The molecule has 18 heavy (non-hydrogen) atoms. The zero-order valence-electron chi connectivity index (χ0n) is 9.74. The molecule has 0 bridgehead atoms. The molecule has 94 valence electrons. The third kappa shape index (κ3) is 3.53. The SMILES string of the molecule is FC(F)c1ccc(CNNc2ccccc2)cc1. The van der Waals surface area contributed by atoms with Crippen molar-refractivity contribution in [2.75, 3.05) is 5.43 Å². The van der Waals surface area contributed by atoms with Gasteiger partial charge in [0.2, 0.25) is 0 Å². The first-order valence-corrected chi connectivity index (χ1v) is 5.66. The van der Waals surface area contributed by atoms with Gasteiger partial charge in [-0.1, -0.05) is 42.5 Å². The average Bonchev–Trinajstić information content (AvgIpc) is 2.40. The van der Waals surface area contributed by atoms with Crippen LogP contribution in [0.15, 0.2) is 54.6 Å². The molecule has 0 spiro atoms. The fourth-order valence-corrected chi connectivity index (χ4v) is 1.55. The van der Waals surface area contributed by atoms with Gasteiger partial charge in [-0.2, -0.15) is 0 Å². The van der Waals surface area contributed by atoms with Gasteiger partial charge in [0.25, 0.3) is 6.43 Å². The lowest BCUT2D eigenvalue weighted by Gasteiger charge is -2.08. The van der Waals surface area contributed by atoms with E-state index in [2.05, 4.69) is 10.9 Å². The van der Waals surface area contributed by atoms with Crippen LogP contribution in [-0.4, -0.2) is 0 Å². The third-order valence-corrected chi connectivity index (χ3v) is 2.53. The van der Waals surface area contributed by atoms with E-state index >= 15 is 0 Å². The van der Waals surface area contributed by atoms with Crippen LogP contribution in [0, 0.1) is 0 Å². The van der Waals surface area contributed by atoms with E-state index < -0.39 is 6.43 Å². The van der Waals surface area contributed by atoms with Crippen molar-refractivity contribution in [3.05, 3.63) is 65.7 Å². The molecular weight excluding hydrogens is 234 g/mol. The van der Waals surface area contributed by atoms with Crippen LogP contribution in [0.5, 0.6) is 0 Å². The zero-order valence-corrected chi connectivity index (χ0v) is 9.74. The first kappa shape index (κ1) is 12.5. The fourth-order valence-electron chi connectivity index (χ4n) is 1.55. The number of hydrazine groups is 1. The summed E-state index contributed by atoms with van der Waals surface area (Å²) in [6, 6.07) is 16.0. The van der Waals surface area contributed by atoms with E-state index in [0.29, 0.717) is 6.54 Å². The molecule has 0 fully saturated rings. The minimum atomic E-state index is -2.41. The van der Waals surface area contributed by atoms with E-state index in [-0.39, 0.29) is 5.56 Å². The van der Waals surface area contributed by atoms with Gasteiger partial charge in [0.1, 0.15) is 0 Å². The van der Waals surface area contributed by atoms with Gasteiger partial charge in [-0.3, -0.25) is 0 Å². The number of halogens is 2. The number of alkyl halides is 2. The molecule has 0 aliphatic carbocycles. The van der Waals surface area contributed by atoms with Crippen molar-refractivity contribution in [3.63, 3.8) is 0 Å². The molecule has 2 nitrogen and oxygen atoms in total. The Hall–Kier alpha value is -1.94. The van der Waals surface area contributed by atoms with Gasteiger partial charge in [0, 0.05) is 17.8 Å². The van der Waals surface area contributed by atoms with Crippen LogP contribution in [0.25, 0.3) is 0 Å². The van der Waals surface area contributed by atoms with Crippen LogP contribution in [0.2, 0.25) is 0 Å². The minimum Gasteiger partial charge on any atom is -0.321 e. The first-order valence-electron chi connectivity index (χ1n) is 5.66. The Bertz CT molecular complexity index is 469. The first-order chi connectivity index (χ1) is 8.75. The molecule has 4 heteroatoms. The summed E-state index contributed by atoms with van der Waals surface area (Å²) in [4.78, 5) is 0. The molecule has 0 aliphatic heterocycles. The zero-order chi connectivity index (χ0) is 12.8. The van der Waals surface area contributed by atoms with Crippen molar-refractivity contribution in [3.8, 4) is 0 Å². The van der Waals surface area contributed by atoms with Gasteiger partial charge in [0.05, 0.1) is 0 Å². The van der Waals surface area contributed by atoms with Crippen LogP contribution in [0.3, 0.4) is 0 Å². The summed E-state index contributed by atoms with van der Waals surface area (Å²) >= 11 is 0. The maximum absolute atomic E-state index is 12.3. The monoisotopic (exact) mass is 248 g/mol. The van der Waals surface area contributed by atoms with Crippen molar-refractivity contribution in [2.24, 2.45) is 0 Å². The smallest absolute Gasteiger partial charge is 0.263 e. The lowest BCUT2D eigenvalue weighted by atomic mass is 10.1. The Kier molecular flexibility index (Phi) is 4.25. The molecule has 0 amide bonds. The van der Waals surface area contributed by atoms with E-state index in [1.165, 1.54) is 12.1 Å². The Morgan fingerprint density at radius 1 is 0.889 bits per heavy atom. The second-order valence-corrected chi connectivity index (χ2v) is 3.89. The van der Waals surface area contributed by atoms with Gasteiger partial charge >= 0.3 is 0 Å². The van der Waals surface area contributed by atoms with Crippen LogP contribution in [0.4, 0.5) is 14.5 Å². The van der Waals surface area contributed by atoms with E-state index in [9.17, 15) is 8.78 Å². The van der Waals surface area contributed by atoms with E-state index in [1.54, 1.807) is 12.1 Å². The Balaban J connectivity index is 1.83. The largest absolute Gasteiger partial charge is 0.321 e. The number of para-hydroxylation sites is 1. The highest BCUT2D eigenvalue weighted by atomic mass is 19.3. The summed E-state index contributed by atoms with van der Waals surface area (Å²) in [6.07, 6.45) is -2.41. The Morgan fingerprint density at radius 2 is 1.56 bits per heavy atom. The molecule has 2 aromatic carbocycles. The highest BCUT2D eigenvalue weighted by Gasteiger charge is 2.05. The molecule has 2 rings (SSSR count). The lowest BCUT2D eigenvalue weighted by Crippen LogP contribution is -2.20. The molecule has 2 aromatic rings. The van der Waals surface area contributed by atoms with Crippen LogP contribution in [-0.2, 0) is 6.54 Å². The van der Waals surface area contributed by atoms with Gasteiger partial charge in [-0.25, -0.2) is 14.2 Å². The molecule has 0 saturated carbocycles. The second-order valence-electron chi connectivity index (χ2n) is 3.89. The molecular formula is C14H14F2N2. The average molecular weight is 248 g/mol. The molecule has 0 unspecified atom stereocenters. The highest BCUT2D eigenvalue weighted by Crippen LogP contribution is 2.18. The van der Waals surface area contributed by atoms with Gasteiger partial charge in [-0.05, 0) is 17.7 Å². The van der Waals surface area contributed by atoms with Crippen LogP contribution < -0.4 is 10.9 Å². The predicted octanol–water partition coefficient (Wildman–Crippen LogP) is 3.74. The highest BCUT2D eigenvalue weighted by molar-refractivity contribution is 5.41. The van der Waals surface area contributed by atoms with Crippen molar-refractivity contribution >= 4 is 5.69 Å². The number of benzene rings is 2. The minimum absolute atomic E-state index is 0.0507. The number of hydrogen-bond donors (Lipinski definition) is 2. The maximum atomic E-state index is 12.3. The third-order valence-electron chi connectivity index (χ3n) is 2.53. The van der Waals surface area contributed by atoms with Crippen molar-refractivity contribution in [1.82, 2.24) is 5.43 Å². The van der Waals surface area contributed by atoms with Crippen molar-refractivity contribution < 1.29 is 8.78 Å². The van der Waals surface area contributed by atoms with Gasteiger partial charge in [-0.15, -0.1) is 0 Å². The number of anilines is 1. The number of nitrogens with one attached hydrogen (secondary N) is 2. The van der Waals surface area contributed by atoms with Gasteiger partial charge in [0.15, 0.2) is 0 Å². The van der Waals surface area contributed by atoms with Crippen molar-refractivity contribution in [2.45, 2.75) is 13.0 Å². The van der Waals surface area contributed by atoms with Gasteiger partial charge < -0.3 is 5.43 Å². The van der Waals surface area contributed by atoms with E-state index in [4.69, 9.17) is 0 Å². The Morgan fingerprint density at radius 3 is 2.17 bits per heavy atom. The Labute approximate surface area is 105 Å². The molecule has 0 saturated heterocycles. The normalized spacial score (nSPS) is 10.6. The number of hydrogen-bond acceptors (Lipinski definition) is 2. The van der Waals surface area contributed by atoms with E-state index in [1.807, 2.05) is 30.3 Å². The number of rotatable bonds is 5.